The van der Waals surface area contributed by atoms with E-state index in [0.717, 1.165) is 100 Å². The molecule has 0 radical (unpaired) electrons. The normalized spacial score (nSPS) is 12.7. The summed E-state index contributed by atoms with van der Waals surface area (Å²) in [6, 6.07) is 57.3. The van der Waals surface area contributed by atoms with Gasteiger partial charge in [0.1, 0.15) is 0 Å². The lowest BCUT2D eigenvalue weighted by molar-refractivity contribution is 0.101. The number of aromatic nitrogens is 10. The van der Waals surface area contributed by atoms with Crippen LogP contribution in [0.25, 0.3) is 106 Å². The molecule has 7 aromatic carbocycles. The van der Waals surface area contributed by atoms with Crippen LogP contribution in [0.2, 0.25) is 0 Å². The van der Waals surface area contributed by atoms with Crippen LogP contribution in [0.3, 0.4) is 0 Å². The monoisotopic (exact) mass is 850 g/mol. The molecule has 11 nitrogen and oxygen atoms in total. The fourth-order valence-electron chi connectivity index (χ4n) is 10.2. The minimum absolute atomic E-state index is 0.0951. The molecule has 310 valence electrons. The Morgan fingerprint density at radius 1 is 0.348 bits per heavy atom. The molecule has 14 rings (SSSR count). The molecule has 0 fully saturated rings. The van der Waals surface area contributed by atoms with Crippen LogP contribution in [0.5, 0.6) is 0 Å². The van der Waals surface area contributed by atoms with Gasteiger partial charge >= 0.3 is 0 Å². The van der Waals surface area contributed by atoms with Crippen LogP contribution >= 0.6 is 0 Å². The fourth-order valence-corrected chi connectivity index (χ4v) is 10.2. The summed E-state index contributed by atoms with van der Waals surface area (Å²) in [6.45, 7) is 0. The molecule has 0 saturated carbocycles. The van der Waals surface area contributed by atoms with Crippen LogP contribution in [0.15, 0.2) is 176 Å². The molecule has 0 aliphatic heterocycles. The molecule has 0 spiro atoms. The molecule has 0 unspecified atom stereocenters. The third kappa shape index (κ3) is 5.22. The Bertz CT molecular complexity index is 3930. The van der Waals surface area contributed by atoms with Gasteiger partial charge in [0.25, 0.3) is 5.78 Å². The first-order valence-electron chi connectivity index (χ1n) is 22.0. The van der Waals surface area contributed by atoms with E-state index in [9.17, 15) is 0 Å². The minimum atomic E-state index is -0.572. The van der Waals surface area contributed by atoms with Crippen LogP contribution < -0.4 is 0 Å². The van der Waals surface area contributed by atoms with Crippen molar-refractivity contribution >= 4 is 88.2 Å². The molecule has 6 heterocycles. The molecular formula is C55H34N10O. The van der Waals surface area contributed by atoms with Crippen LogP contribution in [-0.2, 0) is 6.42 Å². The molecule has 1 aliphatic carbocycles. The van der Waals surface area contributed by atoms with Gasteiger partial charge in [0.15, 0.2) is 0 Å². The highest BCUT2D eigenvalue weighted by Gasteiger charge is 2.28. The second kappa shape index (κ2) is 14.0. The van der Waals surface area contributed by atoms with E-state index in [4.69, 9.17) is 29.9 Å². The van der Waals surface area contributed by atoms with Gasteiger partial charge in [-0.3, -0.25) is 23.1 Å². The third-order valence-electron chi connectivity index (χ3n) is 13.0. The topological polar surface area (TPSA) is 114 Å². The summed E-state index contributed by atoms with van der Waals surface area (Å²) in [7, 11) is 0. The molecule has 66 heavy (non-hydrogen) atoms. The molecule has 11 heteroatoms. The number of benzene rings is 7. The second-order valence-corrected chi connectivity index (χ2v) is 16.6. The number of carbonyl (C=O) groups is 1. The molecule has 6 aromatic heterocycles. The van der Waals surface area contributed by atoms with E-state index in [1.54, 1.807) is 0 Å². The summed E-state index contributed by atoms with van der Waals surface area (Å²) >= 11 is 0. The molecule has 1 aliphatic rings. The first kappa shape index (κ1) is 36.4. The van der Waals surface area contributed by atoms with Crippen molar-refractivity contribution in [3.63, 3.8) is 0 Å². The number of fused-ring (bicyclic) bond motifs is 12. The summed E-state index contributed by atoms with van der Waals surface area (Å²) in [5, 5.41) is 7.32. The number of rotatable bonds is 6. The average molecular weight is 851 g/mol. The van der Waals surface area contributed by atoms with E-state index in [2.05, 4.69) is 77.4 Å². The Hall–Kier alpha value is -9.09. The quantitative estimate of drug-likeness (QED) is 0.153. The summed E-state index contributed by atoms with van der Waals surface area (Å²) in [4.78, 5) is 46.6. The Morgan fingerprint density at radius 2 is 0.636 bits per heavy atom. The number of para-hydroxylation sites is 7. The van der Waals surface area contributed by atoms with Crippen LogP contribution in [0, 0.1) is 0 Å². The standard InChI is InChI=1S/C55H34N10O/c66-49(50-56-52(62-41-25-9-1-17-33(41)34-18-2-10-26-42(34)62)60-53(57-50)63-43-27-11-3-19-35(43)36-20-4-12-28-44(36)63)51-58-54(64-45-29-13-5-21-37(45)38-22-6-14-30-46(38)64)61-55(59-51)65-47-31-15-7-23-39(47)40-24-8-16-32-48(40)65/h1-15,17-31H,16,32H2. The predicted octanol–water partition coefficient (Wildman–Crippen LogP) is 11.5. The first-order chi connectivity index (χ1) is 32.7. The van der Waals surface area contributed by atoms with Crippen molar-refractivity contribution < 1.29 is 4.79 Å². The molecule has 0 bridgehead atoms. The summed E-state index contributed by atoms with van der Waals surface area (Å²) in [6.07, 6.45) is 6.02. The zero-order valence-corrected chi connectivity index (χ0v) is 35.1. The van der Waals surface area contributed by atoms with Crippen LogP contribution in [-0.4, -0.2) is 54.0 Å². The van der Waals surface area contributed by atoms with Crippen molar-refractivity contribution in [3.8, 4) is 23.8 Å². The van der Waals surface area contributed by atoms with E-state index in [-0.39, 0.29) is 23.5 Å². The van der Waals surface area contributed by atoms with Crippen molar-refractivity contribution in [1.82, 2.24) is 48.2 Å². The zero-order chi connectivity index (χ0) is 43.5. The average Bonchev–Trinajstić information content (AvgIpc) is 4.11. The van der Waals surface area contributed by atoms with Crippen molar-refractivity contribution in [2.24, 2.45) is 0 Å². The van der Waals surface area contributed by atoms with E-state index in [1.807, 2.05) is 123 Å². The van der Waals surface area contributed by atoms with Crippen molar-refractivity contribution in [2.45, 2.75) is 12.8 Å². The number of nitrogens with zero attached hydrogens (tertiary/aromatic N) is 10. The number of allylic oxidation sites excluding steroid dienone is 1. The van der Waals surface area contributed by atoms with Gasteiger partial charge in [-0.15, -0.1) is 0 Å². The Kier molecular flexibility index (Phi) is 7.70. The van der Waals surface area contributed by atoms with E-state index in [0.29, 0.717) is 11.9 Å². The van der Waals surface area contributed by atoms with Gasteiger partial charge in [-0.1, -0.05) is 140 Å². The summed E-state index contributed by atoms with van der Waals surface area (Å²) in [5.41, 5.74) is 8.51. The molecule has 0 atom stereocenters. The van der Waals surface area contributed by atoms with E-state index in [1.165, 1.54) is 0 Å². The summed E-state index contributed by atoms with van der Waals surface area (Å²) < 4.78 is 8.12. The van der Waals surface area contributed by atoms with Gasteiger partial charge in [-0.25, -0.2) is 0 Å². The highest BCUT2D eigenvalue weighted by molar-refractivity contribution is 6.11. The second-order valence-electron chi connectivity index (χ2n) is 16.6. The van der Waals surface area contributed by atoms with Crippen molar-refractivity contribution in [1.29, 1.82) is 0 Å². The van der Waals surface area contributed by atoms with Gasteiger partial charge in [-0.05, 0) is 55.3 Å². The highest BCUT2D eigenvalue weighted by Crippen LogP contribution is 2.37. The fraction of sp³-hybridized carbons (Fsp3) is 0.0364. The Balaban J connectivity index is 1.07. The van der Waals surface area contributed by atoms with Gasteiger partial charge < -0.3 is 0 Å². The first-order valence-corrected chi connectivity index (χ1v) is 22.0. The van der Waals surface area contributed by atoms with E-state index >= 15 is 4.79 Å². The number of ketones is 1. The highest BCUT2D eigenvalue weighted by atomic mass is 16.1. The third-order valence-corrected chi connectivity index (χ3v) is 13.0. The maximum atomic E-state index is 15.7. The predicted molar refractivity (Wildman–Crippen MR) is 260 cm³/mol. The van der Waals surface area contributed by atoms with Gasteiger partial charge in [0.05, 0.1) is 38.6 Å². The lowest BCUT2D eigenvalue weighted by atomic mass is 10.0. The smallest absolute Gasteiger partial charge is 0.267 e. The Labute approximate surface area is 375 Å². The largest absolute Gasteiger partial charge is 0.282 e. The molecule has 0 N–H and O–H groups in total. The molecule has 13 aromatic rings. The van der Waals surface area contributed by atoms with Gasteiger partial charge in [0.2, 0.25) is 35.4 Å². The van der Waals surface area contributed by atoms with Crippen molar-refractivity contribution in [2.75, 3.05) is 0 Å². The SMILES string of the molecule is O=C(c1nc(-n2c3c(c4ccccc42)C=CCC3)nc(-n2c3ccccc3c3ccccc32)n1)c1nc(-n2c3ccccc3c3ccccc32)nc(-n2c3ccccc3c3ccccc32)n1. The molecular weight excluding hydrogens is 817 g/mol. The maximum absolute atomic E-state index is 15.7. The molecule has 0 amide bonds. The van der Waals surface area contributed by atoms with Crippen molar-refractivity contribution in [3.05, 3.63) is 199 Å². The lowest BCUT2D eigenvalue weighted by Crippen LogP contribution is -2.20. The lowest BCUT2D eigenvalue weighted by Gasteiger charge is -2.15. The summed E-state index contributed by atoms with van der Waals surface area (Å²) in [5.74, 6) is 0.440. The number of carbonyl (C=O) groups excluding carboxylic acids is 1. The van der Waals surface area contributed by atoms with Crippen LogP contribution in [0.1, 0.15) is 34.1 Å². The maximum Gasteiger partial charge on any atom is 0.267 e. The van der Waals surface area contributed by atoms with E-state index < -0.39 is 5.78 Å². The number of hydrogen-bond acceptors (Lipinski definition) is 7. The molecule has 0 saturated heterocycles. The Morgan fingerprint density at radius 3 is 0.985 bits per heavy atom. The van der Waals surface area contributed by atoms with Gasteiger partial charge in [-0.2, -0.15) is 29.9 Å². The van der Waals surface area contributed by atoms with Crippen LogP contribution in [0.4, 0.5) is 0 Å². The minimum Gasteiger partial charge on any atom is -0.282 e. The zero-order valence-electron chi connectivity index (χ0n) is 35.1. The number of hydrogen-bond donors (Lipinski definition) is 0. The van der Waals surface area contributed by atoms with Gasteiger partial charge in [0, 0.05) is 49.0 Å².